The van der Waals surface area contributed by atoms with Crippen LogP contribution in [0.3, 0.4) is 0 Å². The minimum absolute atomic E-state index is 0.297. The van der Waals surface area contributed by atoms with Gasteiger partial charge in [-0.25, -0.2) is 4.39 Å². The number of rotatable bonds is 4. The first kappa shape index (κ1) is 12.0. The van der Waals surface area contributed by atoms with Crippen LogP contribution < -0.4 is 5.32 Å². The number of hydrogen-bond donors (Lipinski definition) is 1. The quantitative estimate of drug-likeness (QED) is 0.893. The van der Waals surface area contributed by atoms with Crippen molar-refractivity contribution in [1.29, 1.82) is 5.26 Å². The summed E-state index contributed by atoms with van der Waals surface area (Å²) in [7, 11) is 0. The number of halogens is 1. The maximum Gasteiger partial charge on any atom is 0.228 e. The highest BCUT2D eigenvalue weighted by Gasteiger charge is 2.05. The molecule has 1 heterocycles. The third kappa shape index (κ3) is 2.83. The fourth-order valence-electron chi connectivity index (χ4n) is 1.47. The second-order valence-electron chi connectivity index (χ2n) is 3.72. The number of nitrogens with one attached hydrogen (secondary N) is 1. The summed E-state index contributed by atoms with van der Waals surface area (Å²) < 4.78 is 18.4. The largest absolute Gasteiger partial charge is 0.382 e. The highest BCUT2D eigenvalue weighted by Crippen LogP contribution is 2.15. The van der Waals surface area contributed by atoms with Gasteiger partial charge in [0.15, 0.2) is 5.82 Å². The van der Waals surface area contributed by atoms with Crippen molar-refractivity contribution in [3.63, 3.8) is 0 Å². The topological polar surface area (TPSA) is 74.7 Å². The van der Waals surface area contributed by atoms with E-state index >= 15 is 0 Å². The number of hydrogen-bond acceptors (Lipinski definition) is 5. The van der Waals surface area contributed by atoms with Gasteiger partial charge in [0.1, 0.15) is 5.82 Å². The zero-order chi connectivity index (χ0) is 13.0. The van der Waals surface area contributed by atoms with Gasteiger partial charge in [0.25, 0.3) is 0 Å². The van der Waals surface area contributed by atoms with E-state index in [1.165, 1.54) is 12.1 Å². The molecule has 0 bridgehead atoms. The molecule has 18 heavy (non-hydrogen) atoms. The predicted octanol–water partition coefficient (Wildman–Crippen LogP) is 2.04. The molecule has 1 N–H and O–H groups in total. The first-order chi connectivity index (χ1) is 8.69. The van der Waals surface area contributed by atoms with Crippen molar-refractivity contribution in [2.75, 3.05) is 11.9 Å². The average molecular weight is 246 g/mol. The maximum atomic E-state index is 13.5. The lowest BCUT2D eigenvalue weighted by molar-refractivity contribution is 0.377. The number of aromatic nitrogens is 2. The van der Waals surface area contributed by atoms with Gasteiger partial charge in [-0.2, -0.15) is 10.2 Å². The number of anilines is 1. The molecular formula is C12H11FN4O. The molecule has 0 aliphatic carbocycles. The fourth-order valence-corrected chi connectivity index (χ4v) is 1.47. The summed E-state index contributed by atoms with van der Waals surface area (Å²) in [5, 5.41) is 15.2. The average Bonchev–Trinajstić information content (AvgIpc) is 2.77. The molecule has 0 amide bonds. The van der Waals surface area contributed by atoms with Crippen LogP contribution in [0.4, 0.5) is 10.1 Å². The number of nitriles is 1. The highest BCUT2D eigenvalue weighted by atomic mass is 19.1. The zero-order valence-electron chi connectivity index (χ0n) is 9.77. The van der Waals surface area contributed by atoms with E-state index in [0.29, 0.717) is 35.9 Å². The van der Waals surface area contributed by atoms with Crippen LogP contribution in [-0.2, 0) is 6.42 Å². The summed E-state index contributed by atoms with van der Waals surface area (Å²) >= 11 is 0. The smallest absolute Gasteiger partial charge is 0.228 e. The number of nitrogens with zero attached hydrogens (tertiary/aromatic N) is 3. The Balaban J connectivity index is 1.92. The molecule has 0 saturated heterocycles. The van der Waals surface area contributed by atoms with Crippen LogP contribution in [0.1, 0.15) is 17.3 Å². The lowest BCUT2D eigenvalue weighted by atomic mass is 10.2. The molecule has 92 valence electrons. The van der Waals surface area contributed by atoms with E-state index in [-0.39, 0.29) is 0 Å². The molecule has 0 saturated carbocycles. The van der Waals surface area contributed by atoms with Gasteiger partial charge >= 0.3 is 0 Å². The summed E-state index contributed by atoms with van der Waals surface area (Å²) in [4.78, 5) is 4.04. The Morgan fingerprint density at radius 2 is 2.33 bits per heavy atom. The lowest BCUT2D eigenvalue weighted by Gasteiger charge is -2.05. The fraction of sp³-hybridized carbons (Fsp3) is 0.250. The second-order valence-corrected chi connectivity index (χ2v) is 3.72. The molecule has 0 spiro atoms. The van der Waals surface area contributed by atoms with E-state index in [1.54, 1.807) is 13.0 Å². The van der Waals surface area contributed by atoms with Crippen LogP contribution in [0, 0.1) is 24.1 Å². The van der Waals surface area contributed by atoms with Crippen LogP contribution in [0.2, 0.25) is 0 Å². The molecule has 0 atom stereocenters. The van der Waals surface area contributed by atoms with Gasteiger partial charge in [-0.3, -0.25) is 0 Å². The third-order valence-electron chi connectivity index (χ3n) is 2.32. The molecule has 5 nitrogen and oxygen atoms in total. The highest BCUT2D eigenvalue weighted by molar-refractivity contribution is 5.48. The van der Waals surface area contributed by atoms with Gasteiger partial charge in [0.05, 0.1) is 17.3 Å². The van der Waals surface area contributed by atoms with Crippen LogP contribution >= 0.6 is 0 Å². The van der Waals surface area contributed by atoms with E-state index in [1.807, 2.05) is 6.07 Å². The van der Waals surface area contributed by atoms with E-state index in [2.05, 4.69) is 15.5 Å². The van der Waals surface area contributed by atoms with Gasteiger partial charge in [-0.1, -0.05) is 5.16 Å². The van der Waals surface area contributed by atoms with Crippen molar-refractivity contribution in [2.45, 2.75) is 13.3 Å². The second kappa shape index (κ2) is 5.27. The van der Waals surface area contributed by atoms with E-state index < -0.39 is 5.82 Å². The minimum Gasteiger partial charge on any atom is -0.382 e. The van der Waals surface area contributed by atoms with Crippen LogP contribution in [-0.4, -0.2) is 16.7 Å². The Hall–Kier alpha value is -2.42. The summed E-state index contributed by atoms with van der Waals surface area (Å²) in [6.07, 6.45) is 0.514. The molecule has 0 aliphatic rings. The standard InChI is InChI=1S/C12H11FN4O/c1-8-16-12(18-17-8)4-5-15-11-3-2-9(7-14)6-10(11)13/h2-3,6,15H,4-5H2,1H3. The lowest BCUT2D eigenvalue weighted by Crippen LogP contribution is -2.06. The summed E-state index contributed by atoms with van der Waals surface area (Å²) in [5.41, 5.74) is 0.649. The van der Waals surface area contributed by atoms with Crippen molar-refractivity contribution in [1.82, 2.24) is 10.1 Å². The predicted molar refractivity (Wildman–Crippen MR) is 62.3 cm³/mol. The number of benzene rings is 1. The molecule has 0 radical (unpaired) electrons. The first-order valence-electron chi connectivity index (χ1n) is 5.42. The monoisotopic (exact) mass is 246 g/mol. The van der Waals surface area contributed by atoms with Gasteiger partial charge in [-0.05, 0) is 25.1 Å². The minimum atomic E-state index is -0.448. The van der Waals surface area contributed by atoms with Crippen molar-refractivity contribution < 1.29 is 8.91 Å². The molecule has 0 fully saturated rings. The Bertz CT molecular complexity index is 588. The van der Waals surface area contributed by atoms with Crippen LogP contribution in [0.25, 0.3) is 0 Å². The van der Waals surface area contributed by atoms with Crippen molar-refractivity contribution in [2.24, 2.45) is 0 Å². The summed E-state index contributed by atoms with van der Waals surface area (Å²) in [5.74, 6) is 0.638. The van der Waals surface area contributed by atoms with Crippen molar-refractivity contribution in [3.05, 3.63) is 41.3 Å². The molecule has 6 heteroatoms. The zero-order valence-corrected chi connectivity index (χ0v) is 9.77. The number of aryl methyl sites for hydroxylation is 1. The molecular weight excluding hydrogens is 235 g/mol. The molecule has 0 aliphatic heterocycles. The van der Waals surface area contributed by atoms with Gasteiger partial charge in [0, 0.05) is 13.0 Å². The van der Waals surface area contributed by atoms with E-state index in [4.69, 9.17) is 9.78 Å². The molecule has 0 unspecified atom stereocenters. The Morgan fingerprint density at radius 3 is 2.94 bits per heavy atom. The summed E-state index contributed by atoms with van der Waals surface area (Å²) in [6.45, 7) is 2.21. The normalized spacial score (nSPS) is 10.1. The van der Waals surface area contributed by atoms with Gasteiger partial charge in [0.2, 0.25) is 5.89 Å². The third-order valence-corrected chi connectivity index (χ3v) is 2.32. The van der Waals surface area contributed by atoms with E-state index in [9.17, 15) is 4.39 Å². The van der Waals surface area contributed by atoms with Crippen molar-refractivity contribution in [3.8, 4) is 6.07 Å². The molecule has 2 rings (SSSR count). The summed E-state index contributed by atoms with van der Waals surface area (Å²) in [6, 6.07) is 6.16. The maximum absolute atomic E-state index is 13.5. The van der Waals surface area contributed by atoms with Gasteiger partial charge in [-0.15, -0.1) is 0 Å². The SMILES string of the molecule is Cc1noc(CCNc2ccc(C#N)cc2F)n1. The van der Waals surface area contributed by atoms with E-state index in [0.717, 1.165) is 0 Å². The Labute approximate surface area is 103 Å². The molecule has 1 aromatic carbocycles. The van der Waals surface area contributed by atoms with Crippen LogP contribution in [0.5, 0.6) is 0 Å². The molecule has 2 aromatic rings. The van der Waals surface area contributed by atoms with Crippen LogP contribution in [0.15, 0.2) is 22.7 Å². The first-order valence-corrected chi connectivity index (χ1v) is 5.42. The van der Waals surface area contributed by atoms with Crippen molar-refractivity contribution >= 4 is 5.69 Å². The Morgan fingerprint density at radius 1 is 1.50 bits per heavy atom. The van der Waals surface area contributed by atoms with Gasteiger partial charge < -0.3 is 9.84 Å². The molecule has 1 aromatic heterocycles. The Kier molecular flexibility index (Phi) is 3.53.